The Kier molecular flexibility index (Phi) is 4.20. The molecule has 4 heteroatoms. The van der Waals surface area contributed by atoms with Crippen molar-refractivity contribution in [1.82, 2.24) is 4.90 Å². The second-order valence-electron chi connectivity index (χ2n) is 6.23. The maximum absolute atomic E-state index is 6.43. The van der Waals surface area contributed by atoms with Crippen LogP contribution in [-0.2, 0) is 0 Å². The van der Waals surface area contributed by atoms with Crippen molar-refractivity contribution in [1.29, 1.82) is 0 Å². The van der Waals surface area contributed by atoms with E-state index in [1.807, 2.05) is 13.0 Å². The van der Waals surface area contributed by atoms with Gasteiger partial charge in [-0.2, -0.15) is 0 Å². The molecular weight excluding hydrogens is 270 g/mol. The Morgan fingerprint density at radius 2 is 1.95 bits per heavy atom. The molecule has 1 saturated carbocycles. The molecule has 1 aromatic carbocycles. The molecule has 2 aliphatic rings. The van der Waals surface area contributed by atoms with Crippen molar-refractivity contribution in [2.24, 2.45) is 11.7 Å². The Labute approximate surface area is 126 Å². The molecule has 20 heavy (non-hydrogen) atoms. The van der Waals surface area contributed by atoms with Gasteiger partial charge in [-0.15, -0.1) is 0 Å². The zero-order valence-corrected chi connectivity index (χ0v) is 12.9. The molecule has 1 atom stereocenters. The second kappa shape index (κ2) is 5.92. The second-order valence-corrected chi connectivity index (χ2v) is 6.64. The normalized spacial score (nSPS) is 22.1. The minimum absolute atomic E-state index is 0.0388. The van der Waals surface area contributed by atoms with Crippen LogP contribution in [0.5, 0.6) is 0 Å². The van der Waals surface area contributed by atoms with Gasteiger partial charge in [0.1, 0.15) is 0 Å². The average Bonchev–Trinajstić information content (AvgIpc) is 3.24. The summed E-state index contributed by atoms with van der Waals surface area (Å²) in [5, 5.41) is 0.829. The van der Waals surface area contributed by atoms with Crippen LogP contribution in [-0.4, -0.2) is 37.6 Å². The lowest BCUT2D eigenvalue weighted by atomic mass is 10.1. The fraction of sp³-hybridized carbons (Fsp3) is 0.625. The summed E-state index contributed by atoms with van der Waals surface area (Å²) in [6.07, 6.45) is 2.87. The quantitative estimate of drug-likeness (QED) is 0.926. The van der Waals surface area contributed by atoms with Gasteiger partial charge in [-0.25, -0.2) is 0 Å². The van der Waals surface area contributed by atoms with Crippen LogP contribution in [0.4, 0.5) is 5.69 Å². The van der Waals surface area contributed by atoms with E-state index in [0.29, 0.717) is 0 Å². The molecule has 1 aromatic rings. The first-order valence-electron chi connectivity index (χ1n) is 7.66. The molecule has 0 amide bonds. The standard InChI is InChI=1S/C16H24ClN3/c1-12(18)14-4-5-16(15(17)10-14)20-8-6-19(7-9-20)11-13-2-3-13/h4-5,10,12-13H,2-3,6-9,11,18H2,1H3/t12-/m1/s1. The predicted octanol–water partition coefficient (Wildman–Crippen LogP) is 2.89. The lowest BCUT2D eigenvalue weighted by molar-refractivity contribution is 0.248. The molecule has 0 spiro atoms. The van der Waals surface area contributed by atoms with E-state index in [-0.39, 0.29) is 6.04 Å². The lowest BCUT2D eigenvalue weighted by Crippen LogP contribution is -2.47. The third-order valence-electron chi connectivity index (χ3n) is 4.42. The van der Waals surface area contributed by atoms with Gasteiger partial charge in [-0.1, -0.05) is 17.7 Å². The van der Waals surface area contributed by atoms with E-state index in [1.165, 1.54) is 19.4 Å². The van der Waals surface area contributed by atoms with Crippen molar-refractivity contribution >= 4 is 17.3 Å². The lowest BCUT2D eigenvalue weighted by Gasteiger charge is -2.36. The van der Waals surface area contributed by atoms with Crippen LogP contribution in [0, 0.1) is 5.92 Å². The molecular formula is C16H24ClN3. The van der Waals surface area contributed by atoms with E-state index < -0.39 is 0 Å². The van der Waals surface area contributed by atoms with Gasteiger partial charge in [0, 0.05) is 38.8 Å². The van der Waals surface area contributed by atoms with Crippen molar-refractivity contribution in [3.05, 3.63) is 28.8 Å². The molecule has 3 rings (SSSR count). The maximum Gasteiger partial charge on any atom is 0.0642 e. The molecule has 0 aromatic heterocycles. The van der Waals surface area contributed by atoms with E-state index >= 15 is 0 Å². The SMILES string of the molecule is C[C@@H](N)c1ccc(N2CCN(CC3CC3)CC2)c(Cl)c1. The Morgan fingerprint density at radius 1 is 1.25 bits per heavy atom. The number of nitrogens with zero attached hydrogens (tertiary/aromatic N) is 2. The molecule has 1 saturated heterocycles. The molecule has 110 valence electrons. The maximum atomic E-state index is 6.43. The summed E-state index contributed by atoms with van der Waals surface area (Å²) in [5.74, 6) is 0.982. The van der Waals surface area contributed by atoms with Gasteiger partial charge in [0.25, 0.3) is 0 Å². The van der Waals surface area contributed by atoms with Crippen LogP contribution in [0.15, 0.2) is 18.2 Å². The van der Waals surface area contributed by atoms with Crippen LogP contribution in [0.2, 0.25) is 5.02 Å². The average molecular weight is 294 g/mol. The Bertz CT molecular complexity index is 463. The first kappa shape index (κ1) is 14.2. The highest BCUT2D eigenvalue weighted by molar-refractivity contribution is 6.33. The third-order valence-corrected chi connectivity index (χ3v) is 4.73. The van der Waals surface area contributed by atoms with E-state index in [4.69, 9.17) is 17.3 Å². The third kappa shape index (κ3) is 3.27. The summed E-state index contributed by atoms with van der Waals surface area (Å²) in [7, 11) is 0. The molecule has 1 aliphatic heterocycles. The summed E-state index contributed by atoms with van der Waals surface area (Å²) in [6.45, 7) is 7.74. The van der Waals surface area contributed by atoms with Gasteiger partial charge in [0.15, 0.2) is 0 Å². The number of hydrogen-bond donors (Lipinski definition) is 1. The van der Waals surface area contributed by atoms with E-state index in [1.54, 1.807) is 0 Å². The number of halogens is 1. The topological polar surface area (TPSA) is 32.5 Å². The van der Waals surface area contributed by atoms with E-state index in [0.717, 1.165) is 48.4 Å². The number of nitrogens with two attached hydrogens (primary N) is 1. The minimum atomic E-state index is 0.0388. The smallest absolute Gasteiger partial charge is 0.0642 e. The van der Waals surface area contributed by atoms with Crippen molar-refractivity contribution < 1.29 is 0 Å². The highest BCUT2D eigenvalue weighted by atomic mass is 35.5. The van der Waals surface area contributed by atoms with Crippen LogP contribution in [0.3, 0.4) is 0 Å². The van der Waals surface area contributed by atoms with E-state index in [9.17, 15) is 0 Å². The Morgan fingerprint density at radius 3 is 2.50 bits per heavy atom. The van der Waals surface area contributed by atoms with E-state index in [2.05, 4.69) is 21.9 Å². The number of rotatable bonds is 4. The van der Waals surface area contributed by atoms with Crippen LogP contribution < -0.4 is 10.6 Å². The molecule has 2 N–H and O–H groups in total. The molecule has 0 bridgehead atoms. The largest absolute Gasteiger partial charge is 0.368 e. The number of benzene rings is 1. The minimum Gasteiger partial charge on any atom is -0.368 e. The highest BCUT2D eigenvalue weighted by Crippen LogP contribution is 2.32. The number of anilines is 1. The summed E-state index contributed by atoms with van der Waals surface area (Å²) < 4.78 is 0. The molecule has 2 fully saturated rings. The van der Waals surface area contributed by atoms with Crippen molar-refractivity contribution in [3.63, 3.8) is 0 Å². The number of piperazine rings is 1. The predicted molar refractivity (Wildman–Crippen MR) is 85.4 cm³/mol. The van der Waals surface area contributed by atoms with Gasteiger partial charge in [-0.3, -0.25) is 4.90 Å². The molecule has 0 unspecified atom stereocenters. The fourth-order valence-electron chi connectivity index (χ4n) is 2.90. The molecule has 3 nitrogen and oxygen atoms in total. The highest BCUT2D eigenvalue weighted by Gasteiger charge is 2.26. The fourth-order valence-corrected chi connectivity index (χ4v) is 3.21. The molecule has 1 aliphatic carbocycles. The van der Waals surface area contributed by atoms with Crippen LogP contribution in [0.25, 0.3) is 0 Å². The zero-order chi connectivity index (χ0) is 14.1. The molecule has 1 heterocycles. The summed E-state index contributed by atoms with van der Waals surface area (Å²) >= 11 is 6.43. The van der Waals surface area contributed by atoms with Gasteiger partial charge in [0.05, 0.1) is 10.7 Å². The Hall–Kier alpha value is -0.770. The summed E-state index contributed by atoms with van der Waals surface area (Å²) in [5.41, 5.74) is 8.16. The van der Waals surface area contributed by atoms with Gasteiger partial charge < -0.3 is 10.6 Å². The van der Waals surface area contributed by atoms with Crippen molar-refractivity contribution in [2.45, 2.75) is 25.8 Å². The van der Waals surface area contributed by atoms with Gasteiger partial charge in [-0.05, 0) is 43.4 Å². The zero-order valence-electron chi connectivity index (χ0n) is 12.2. The first-order chi connectivity index (χ1) is 9.63. The molecule has 0 radical (unpaired) electrons. The summed E-state index contributed by atoms with van der Waals surface area (Å²) in [6, 6.07) is 6.27. The van der Waals surface area contributed by atoms with Crippen molar-refractivity contribution in [3.8, 4) is 0 Å². The van der Waals surface area contributed by atoms with Crippen LogP contribution >= 0.6 is 11.6 Å². The summed E-state index contributed by atoms with van der Waals surface area (Å²) in [4.78, 5) is 5.00. The number of hydrogen-bond acceptors (Lipinski definition) is 3. The Balaban J connectivity index is 1.62. The monoisotopic (exact) mass is 293 g/mol. The van der Waals surface area contributed by atoms with Gasteiger partial charge >= 0.3 is 0 Å². The van der Waals surface area contributed by atoms with Crippen LogP contribution in [0.1, 0.15) is 31.4 Å². The first-order valence-corrected chi connectivity index (χ1v) is 8.03. The van der Waals surface area contributed by atoms with Crippen molar-refractivity contribution in [2.75, 3.05) is 37.6 Å². The van der Waals surface area contributed by atoms with Gasteiger partial charge in [0.2, 0.25) is 0 Å².